The Morgan fingerprint density at radius 1 is 1.13 bits per heavy atom. The maximum atomic E-state index is 12.6. The van der Waals surface area contributed by atoms with E-state index < -0.39 is 18.0 Å². The molecule has 2 aliphatic heterocycles. The predicted octanol–water partition coefficient (Wildman–Crippen LogP) is 1.87. The van der Waals surface area contributed by atoms with Gasteiger partial charge in [0.25, 0.3) is 5.91 Å². The number of urea groups is 1. The molecule has 2 N–H and O–H groups in total. The minimum Gasteiger partial charge on any atom is -0.463 e. The summed E-state index contributed by atoms with van der Waals surface area (Å²) in [5, 5.41) is 5.55. The summed E-state index contributed by atoms with van der Waals surface area (Å²) in [5.41, 5.74) is 0.981. The number of nitrogens with zero attached hydrogens (tertiary/aromatic N) is 1. The van der Waals surface area contributed by atoms with Gasteiger partial charge in [-0.1, -0.05) is 11.6 Å². The monoisotopic (exact) mass is 449 g/mol. The van der Waals surface area contributed by atoms with Crippen molar-refractivity contribution in [1.29, 1.82) is 0 Å². The molecule has 10 heteroatoms. The van der Waals surface area contributed by atoms with Gasteiger partial charge in [-0.25, -0.2) is 9.59 Å². The van der Waals surface area contributed by atoms with Crippen LogP contribution in [0, 0.1) is 5.92 Å². The van der Waals surface area contributed by atoms with E-state index in [9.17, 15) is 19.2 Å². The highest BCUT2D eigenvalue weighted by Crippen LogP contribution is 2.21. The Balaban J connectivity index is 1.53. The number of nitrogens with one attached hydrogen (secondary N) is 2. The summed E-state index contributed by atoms with van der Waals surface area (Å²) in [6, 6.07) is 6.20. The second kappa shape index (κ2) is 10.3. The Kier molecular flexibility index (Phi) is 7.51. The zero-order chi connectivity index (χ0) is 22.4. The van der Waals surface area contributed by atoms with E-state index >= 15 is 0 Å². The number of piperidine rings is 1. The Morgan fingerprint density at radius 3 is 2.45 bits per heavy atom. The molecule has 0 unspecified atom stereocenters. The Hall–Kier alpha value is -3.07. The van der Waals surface area contributed by atoms with Gasteiger partial charge in [0, 0.05) is 23.7 Å². The van der Waals surface area contributed by atoms with Crippen LogP contribution in [0.1, 0.15) is 30.1 Å². The molecule has 166 valence electrons. The van der Waals surface area contributed by atoms with Gasteiger partial charge in [0.05, 0.1) is 30.3 Å². The van der Waals surface area contributed by atoms with E-state index in [1.807, 2.05) is 0 Å². The van der Waals surface area contributed by atoms with E-state index in [1.165, 1.54) is 0 Å². The molecule has 0 radical (unpaired) electrons. The number of amides is 3. The van der Waals surface area contributed by atoms with Crippen molar-refractivity contribution in [2.45, 2.75) is 19.8 Å². The minimum absolute atomic E-state index is 0.00273. The Morgan fingerprint density at radius 2 is 1.81 bits per heavy atom. The molecule has 0 saturated carbocycles. The smallest absolute Gasteiger partial charge is 0.337 e. The molecule has 1 saturated heterocycles. The quantitative estimate of drug-likeness (QED) is 0.641. The van der Waals surface area contributed by atoms with Gasteiger partial charge in [-0.15, -0.1) is 0 Å². The third-order valence-corrected chi connectivity index (χ3v) is 5.39. The lowest BCUT2D eigenvalue weighted by molar-refractivity contribution is -0.149. The number of esters is 2. The number of hydrogen-bond donors (Lipinski definition) is 2. The van der Waals surface area contributed by atoms with Crippen LogP contribution in [-0.4, -0.2) is 61.6 Å². The summed E-state index contributed by atoms with van der Waals surface area (Å²) < 4.78 is 10.3. The maximum absolute atomic E-state index is 12.6. The second-order valence-electron chi connectivity index (χ2n) is 7.17. The average Bonchev–Trinajstić information content (AvgIpc) is 2.78. The minimum atomic E-state index is -0.574. The summed E-state index contributed by atoms with van der Waals surface area (Å²) in [4.78, 5) is 50.4. The van der Waals surface area contributed by atoms with Gasteiger partial charge in [-0.3, -0.25) is 9.59 Å². The van der Waals surface area contributed by atoms with Crippen molar-refractivity contribution in [2.24, 2.45) is 5.92 Å². The third kappa shape index (κ3) is 5.75. The van der Waals surface area contributed by atoms with Crippen molar-refractivity contribution in [1.82, 2.24) is 15.5 Å². The van der Waals surface area contributed by atoms with Crippen molar-refractivity contribution in [2.75, 3.05) is 32.8 Å². The lowest BCUT2D eigenvalue weighted by Gasteiger charge is -2.31. The molecule has 2 heterocycles. The van der Waals surface area contributed by atoms with Crippen LogP contribution in [0.25, 0.3) is 0 Å². The number of hydrogen-bond acceptors (Lipinski definition) is 6. The number of carbonyl (C=O) groups excluding carboxylic acids is 4. The van der Waals surface area contributed by atoms with Crippen LogP contribution in [0.5, 0.6) is 0 Å². The first-order chi connectivity index (χ1) is 14.9. The predicted molar refractivity (Wildman–Crippen MR) is 111 cm³/mol. The summed E-state index contributed by atoms with van der Waals surface area (Å²) in [6.45, 7) is 2.50. The normalized spacial score (nSPS) is 17.0. The number of carbonyl (C=O) groups is 4. The van der Waals surface area contributed by atoms with Gasteiger partial charge in [0.15, 0.2) is 0 Å². The number of benzene rings is 1. The first kappa shape index (κ1) is 22.6. The van der Waals surface area contributed by atoms with Crippen LogP contribution in [-0.2, 0) is 19.1 Å². The van der Waals surface area contributed by atoms with Crippen molar-refractivity contribution >= 4 is 35.5 Å². The second-order valence-corrected chi connectivity index (χ2v) is 7.60. The highest BCUT2D eigenvalue weighted by atomic mass is 35.5. The van der Waals surface area contributed by atoms with Crippen molar-refractivity contribution in [3.05, 3.63) is 46.1 Å². The van der Waals surface area contributed by atoms with Crippen LogP contribution in [0.3, 0.4) is 0 Å². The lowest BCUT2D eigenvalue weighted by Crippen LogP contribution is -2.45. The highest BCUT2D eigenvalue weighted by molar-refractivity contribution is 6.30. The summed E-state index contributed by atoms with van der Waals surface area (Å²) in [7, 11) is 0. The van der Waals surface area contributed by atoms with E-state index in [2.05, 4.69) is 10.6 Å². The first-order valence-corrected chi connectivity index (χ1v) is 10.4. The Labute approximate surface area is 184 Å². The largest absolute Gasteiger partial charge is 0.463 e. The van der Waals surface area contributed by atoms with Crippen LogP contribution < -0.4 is 10.6 Å². The van der Waals surface area contributed by atoms with E-state index in [1.54, 1.807) is 36.1 Å². The van der Waals surface area contributed by atoms with Crippen molar-refractivity contribution in [3.8, 4) is 0 Å². The molecule has 0 atom stereocenters. The zero-order valence-electron chi connectivity index (χ0n) is 17.1. The Bertz CT molecular complexity index is 891. The molecule has 9 nitrogen and oxygen atoms in total. The van der Waals surface area contributed by atoms with Crippen molar-refractivity contribution < 1.29 is 28.7 Å². The van der Waals surface area contributed by atoms with Gasteiger partial charge in [-0.2, -0.15) is 0 Å². The fraction of sp³-hybridized carbons (Fsp3) is 0.429. The van der Waals surface area contributed by atoms with Crippen LogP contribution in [0.4, 0.5) is 4.79 Å². The van der Waals surface area contributed by atoms with Crippen molar-refractivity contribution in [3.63, 3.8) is 0 Å². The van der Waals surface area contributed by atoms with Crippen LogP contribution in [0.15, 0.2) is 35.5 Å². The summed E-state index contributed by atoms with van der Waals surface area (Å²) >= 11 is 5.86. The molecular formula is C21H24ClN3O6. The van der Waals surface area contributed by atoms with E-state index in [-0.39, 0.29) is 42.9 Å². The molecule has 0 aliphatic carbocycles. The molecule has 3 amide bonds. The van der Waals surface area contributed by atoms with E-state index in [0.29, 0.717) is 36.5 Å². The van der Waals surface area contributed by atoms with Gasteiger partial charge < -0.3 is 25.0 Å². The maximum Gasteiger partial charge on any atom is 0.337 e. The SMILES string of the molecule is CCOC(=O)C1=C(COC(=O)C2CCN(C(=O)c3ccc(Cl)cc3)CC2)NC(=O)NC1. The average molecular weight is 450 g/mol. The number of rotatable bonds is 6. The molecule has 31 heavy (non-hydrogen) atoms. The fourth-order valence-electron chi connectivity index (χ4n) is 3.42. The fourth-order valence-corrected chi connectivity index (χ4v) is 3.55. The molecule has 1 aromatic rings. The molecule has 3 rings (SSSR count). The zero-order valence-corrected chi connectivity index (χ0v) is 17.9. The van der Waals surface area contributed by atoms with Gasteiger partial charge >= 0.3 is 18.0 Å². The summed E-state index contributed by atoms with van der Waals surface area (Å²) in [5.74, 6) is -1.47. The van der Waals surface area contributed by atoms with Gasteiger partial charge in [0.1, 0.15) is 6.61 Å². The molecule has 1 fully saturated rings. The highest BCUT2D eigenvalue weighted by Gasteiger charge is 2.30. The summed E-state index contributed by atoms with van der Waals surface area (Å²) in [6.07, 6.45) is 0.936. The molecule has 0 aromatic heterocycles. The topological polar surface area (TPSA) is 114 Å². The van der Waals surface area contributed by atoms with Crippen LogP contribution in [0.2, 0.25) is 5.02 Å². The van der Waals surface area contributed by atoms with E-state index in [4.69, 9.17) is 21.1 Å². The molecule has 0 spiro atoms. The molecule has 0 bridgehead atoms. The van der Waals surface area contributed by atoms with Gasteiger partial charge in [0.2, 0.25) is 0 Å². The first-order valence-electron chi connectivity index (χ1n) is 10.0. The standard InChI is InChI=1S/C21H24ClN3O6/c1-2-30-20(28)16-11-23-21(29)24-17(16)12-31-19(27)14-7-9-25(10-8-14)18(26)13-3-5-15(22)6-4-13/h3-6,14H,2,7-12H2,1H3,(H2,23,24,29). The van der Waals surface area contributed by atoms with E-state index in [0.717, 1.165) is 0 Å². The number of halogens is 1. The third-order valence-electron chi connectivity index (χ3n) is 5.14. The number of ether oxygens (including phenoxy) is 2. The van der Waals surface area contributed by atoms with Crippen LogP contribution >= 0.6 is 11.6 Å². The lowest BCUT2D eigenvalue weighted by atomic mass is 9.96. The molecular weight excluding hydrogens is 426 g/mol. The molecule has 1 aromatic carbocycles. The van der Waals surface area contributed by atoms with Gasteiger partial charge in [-0.05, 0) is 44.0 Å². The number of likely N-dealkylation sites (tertiary alicyclic amines) is 1. The molecule has 2 aliphatic rings.